The summed E-state index contributed by atoms with van der Waals surface area (Å²) in [5.41, 5.74) is 5.80. The van der Waals surface area contributed by atoms with Gasteiger partial charge in [0, 0.05) is 12.4 Å². The number of urea groups is 1. The van der Waals surface area contributed by atoms with Gasteiger partial charge in [0.15, 0.2) is 0 Å². The summed E-state index contributed by atoms with van der Waals surface area (Å²) in [5, 5.41) is 5.03. The van der Waals surface area contributed by atoms with Crippen molar-refractivity contribution in [1.82, 2.24) is 5.32 Å². The molecule has 1 rings (SSSR count). The maximum Gasteiger partial charge on any atom is 0.319 e. The maximum atomic E-state index is 11.3. The average Bonchev–Trinajstić information content (AvgIpc) is 2.27. The van der Waals surface area contributed by atoms with E-state index in [-0.39, 0.29) is 5.56 Å². The zero-order valence-corrected chi connectivity index (χ0v) is 9.25. The molecule has 0 aliphatic heterocycles. The Morgan fingerprint density at radius 2 is 2.00 bits per heavy atom. The second-order valence-corrected chi connectivity index (χ2v) is 3.36. The third-order valence-corrected chi connectivity index (χ3v) is 2.01. The van der Waals surface area contributed by atoms with Gasteiger partial charge in [0.1, 0.15) is 0 Å². The number of halogens is 1. The number of hydrogen-bond acceptors (Lipinski definition) is 2. The van der Waals surface area contributed by atoms with Gasteiger partial charge in [-0.15, -0.1) is 11.6 Å². The molecule has 0 atom stereocenters. The van der Waals surface area contributed by atoms with Crippen LogP contribution in [0.15, 0.2) is 24.3 Å². The van der Waals surface area contributed by atoms with Gasteiger partial charge in [-0.2, -0.15) is 0 Å². The number of carbonyl (C=O) groups is 2. The molecule has 0 heterocycles. The van der Waals surface area contributed by atoms with Gasteiger partial charge < -0.3 is 16.4 Å². The molecule has 0 saturated carbocycles. The van der Waals surface area contributed by atoms with E-state index in [0.717, 1.165) is 0 Å². The van der Waals surface area contributed by atoms with Crippen molar-refractivity contribution in [2.75, 3.05) is 17.7 Å². The van der Waals surface area contributed by atoms with Crippen LogP contribution in [0.1, 0.15) is 10.4 Å². The number of anilines is 1. The fourth-order valence-electron chi connectivity index (χ4n) is 1.13. The third-order valence-electron chi connectivity index (χ3n) is 1.82. The lowest BCUT2D eigenvalue weighted by Gasteiger charge is -2.09. The molecule has 6 heteroatoms. The first kappa shape index (κ1) is 12.3. The minimum Gasteiger partial charge on any atom is -0.366 e. The smallest absolute Gasteiger partial charge is 0.319 e. The van der Waals surface area contributed by atoms with Gasteiger partial charge in [-0.05, 0) is 12.1 Å². The van der Waals surface area contributed by atoms with Crippen LogP contribution >= 0.6 is 11.6 Å². The summed E-state index contributed by atoms with van der Waals surface area (Å²) >= 11 is 5.41. The third kappa shape index (κ3) is 3.43. The van der Waals surface area contributed by atoms with Crippen LogP contribution in [0, 0.1) is 0 Å². The average molecular weight is 242 g/mol. The maximum absolute atomic E-state index is 11.3. The van der Waals surface area contributed by atoms with Gasteiger partial charge in [-0.1, -0.05) is 12.1 Å². The van der Waals surface area contributed by atoms with Gasteiger partial charge in [0.25, 0.3) is 5.91 Å². The van der Waals surface area contributed by atoms with E-state index in [1.807, 2.05) is 0 Å². The first-order chi connectivity index (χ1) is 7.65. The van der Waals surface area contributed by atoms with Crippen molar-refractivity contribution >= 4 is 29.2 Å². The van der Waals surface area contributed by atoms with E-state index in [0.29, 0.717) is 18.1 Å². The highest BCUT2D eigenvalue weighted by Crippen LogP contribution is 2.13. The van der Waals surface area contributed by atoms with E-state index in [4.69, 9.17) is 17.3 Å². The first-order valence-electron chi connectivity index (χ1n) is 4.65. The summed E-state index contributed by atoms with van der Waals surface area (Å²) in [5.74, 6) is -0.265. The van der Waals surface area contributed by atoms with Crippen LogP contribution in [0.3, 0.4) is 0 Å². The van der Waals surface area contributed by atoms with Gasteiger partial charge in [-0.25, -0.2) is 4.79 Å². The van der Waals surface area contributed by atoms with Crippen molar-refractivity contribution in [3.8, 4) is 0 Å². The minimum atomic E-state index is -0.590. The van der Waals surface area contributed by atoms with E-state index in [9.17, 15) is 9.59 Å². The number of amides is 3. The molecule has 0 bridgehead atoms. The predicted molar refractivity (Wildman–Crippen MR) is 62.7 cm³/mol. The number of nitrogens with one attached hydrogen (secondary N) is 2. The van der Waals surface area contributed by atoms with Gasteiger partial charge >= 0.3 is 6.03 Å². The Labute approximate surface area is 98.0 Å². The minimum absolute atomic E-state index is 0.267. The molecule has 0 radical (unpaired) electrons. The lowest BCUT2D eigenvalue weighted by atomic mass is 10.1. The van der Waals surface area contributed by atoms with Crippen molar-refractivity contribution < 1.29 is 9.59 Å². The van der Waals surface area contributed by atoms with Crippen LogP contribution in [0.2, 0.25) is 0 Å². The molecule has 0 spiro atoms. The number of primary amides is 1. The molecular weight excluding hydrogens is 230 g/mol. The molecule has 0 unspecified atom stereocenters. The van der Waals surface area contributed by atoms with Gasteiger partial charge in [0.2, 0.25) is 0 Å². The van der Waals surface area contributed by atoms with Crippen LogP contribution in [-0.2, 0) is 0 Å². The van der Waals surface area contributed by atoms with E-state index in [1.54, 1.807) is 24.3 Å². The molecule has 0 fully saturated rings. The lowest BCUT2D eigenvalue weighted by molar-refractivity contribution is 0.100. The quantitative estimate of drug-likeness (QED) is 0.691. The lowest BCUT2D eigenvalue weighted by Crippen LogP contribution is -2.31. The zero-order chi connectivity index (χ0) is 12.0. The number of carbonyl (C=O) groups excluding carboxylic acids is 2. The number of hydrogen-bond donors (Lipinski definition) is 3. The Hall–Kier alpha value is -1.75. The summed E-state index contributed by atoms with van der Waals surface area (Å²) in [6.07, 6.45) is 0. The number of benzene rings is 1. The Bertz CT molecular complexity index is 395. The topological polar surface area (TPSA) is 84.2 Å². The molecule has 1 aromatic rings. The molecule has 0 aromatic heterocycles. The number of para-hydroxylation sites is 1. The second kappa shape index (κ2) is 5.97. The zero-order valence-electron chi connectivity index (χ0n) is 8.50. The van der Waals surface area contributed by atoms with Crippen molar-refractivity contribution in [2.24, 2.45) is 5.73 Å². The molecular formula is C10H12ClN3O2. The highest BCUT2D eigenvalue weighted by molar-refractivity contribution is 6.18. The fraction of sp³-hybridized carbons (Fsp3) is 0.200. The summed E-state index contributed by atoms with van der Waals surface area (Å²) in [6, 6.07) is 6.08. The van der Waals surface area contributed by atoms with Crippen molar-refractivity contribution in [1.29, 1.82) is 0 Å². The van der Waals surface area contributed by atoms with Crippen LogP contribution in [0.5, 0.6) is 0 Å². The standard InChI is InChI=1S/C10H12ClN3O2/c11-5-6-13-10(16)14-8-4-2-1-3-7(8)9(12)15/h1-4H,5-6H2,(H2,12,15)(H2,13,14,16). The van der Waals surface area contributed by atoms with Crippen molar-refractivity contribution in [3.05, 3.63) is 29.8 Å². The van der Waals surface area contributed by atoms with E-state index in [1.165, 1.54) is 0 Å². The molecule has 86 valence electrons. The highest BCUT2D eigenvalue weighted by Gasteiger charge is 2.09. The monoisotopic (exact) mass is 241 g/mol. The number of alkyl halides is 1. The summed E-state index contributed by atoms with van der Waals surface area (Å²) in [7, 11) is 0. The van der Waals surface area contributed by atoms with E-state index in [2.05, 4.69) is 10.6 Å². The van der Waals surface area contributed by atoms with Crippen LogP contribution in [0.4, 0.5) is 10.5 Å². The molecule has 5 nitrogen and oxygen atoms in total. The fourth-order valence-corrected chi connectivity index (χ4v) is 1.23. The van der Waals surface area contributed by atoms with Crippen molar-refractivity contribution in [3.63, 3.8) is 0 Å². The summed E-state index contributed by atoms with van der Waals surface area (Å²) in [4.78, 5) is 22.4. The Balaban J connectivity index is 2.73. The first-order valence-corrected chi connectivity index (χ1v) is 5.18. The number of rotatable bonds is 4. The van der Waals surface area contributed by atoms with Crippen LogP contribution in [0.25, 0.3) is 0 Å². The molecule has 0 aliphatic rings. The number of nitrogens with two attached hydrogens (primary N) is 1. The molecule has 1 aromatic carbocycles. The van der Waals surface area contributed by atoms with Gasteiger partial charge in [0.05, 0.1) is 11.3 Å². The molecule has 0 saturated heterocycles. The molecule has 4 N–H and O–H groups in total. The largest absolute Gasteiger partial charge is 0.366 e. The summed E-state index contributed by atoms with van der Waals surface area (Å²) in [6.45, 7) is 0.353. The highest BCUT2D eigenvalue weighted by atomic mass is 35.5. The van der Waals surface area contributed by atoms with Gasteiger partial charge in [-0.3, -0.25) is 4.79 Å². The van der Waals surface area contributed by atoms with Crippen LogP contribution in [-0.4, -0.2) is 24.4 Å². The van der Waals surface area contributed by atoms with Crippen molar-refractivity contribution in [2.45, 2.75) is 0 Å². The van der Waals surface area contributed by atoms with E-state index >= 15 is 0 Å². The summed E-state index contributed by atoms with van der Waals surface area (Å²) < 4.78 is 0. The molecule has 0 aliphatic carbocycles. The Morgan fingerprint density at radius 1 is 1.31 bits per heavy atom. The Kier molecular flexibility index (Phi) is 4.60. The van der Waals surface area contributed by atoms with E-state index < -0.39 is 11.9 Å². The predicted octanol–water partition coefficient (Wildman–Crippen LogP) is 1.15. The normalized spacial score (nSPS) is 9.56. The van der Waals surface area contributed by atoms with Crippen LogP contribution < -0.4 is 16.4 Å². The molecule has 3 amide bonds. The Morgan fingerprint density at radius 3 is 2.62 bits per heavy atom. The SMILES string of the molecule is NC(=O)c1ccccc1NC(=O)NCCCl. The second-order valence-electron chi connectivity index (χ2n) is 2.98. The molecule has 16 heavy (non-hydrogen) atoms.